The van der Waals surface area contributed by atoms with Crippen molar-refractivity contribution in [3.05, 3.63) is 100.0 Å². The van der Waals surface area contributed by atoms with Crippen LogP contribution in [-0.2, 0) is 16.0 Å². The maximum absolute atomic E-state index is 13.7. The van der Waals surface area contributed by atoms with E-state index >= 15 is 0 Å². The van der Waals surface area contributed by atoms with Crippen molar-refractivity contribution in [3.8, 4) is 5.75 Å². The zero-order valence-corrected chi connectivity index (χ0v) is 23.8. The maximum atomic E-state index is 13.7. The van der Waals surface area contributed by atoms with Gasteiger partial charge in [-0.3, -0.25) is 19.0 Å². The number of ether oxygens (including phenoxy) is 2. The van der Waals surface area contributed by atoms with Crippen LogP contribution in [0, 0.1) is 11.7 Å². The lowest BCUT2D eigenvalue weighted by molar-refractivity contribution is -0.135. The Kier molecular flexibility index (Phi) is 8.40. The minimum absolute atomic E-state index is 0.0751. The number of piperidine rings is 1. The lowest BCUT2D eigenvalue weighted by atomic mass is 9.90. The second kappa shape index (κ2) is 12.2. The topological polar surface area (TPSA) is 94.9 Å². The fourth-order valence-corrected chi connectivity index (χ4v) is 5.46. The molecule has 4 aromatic rings. The third-order valence-corrected chi connectivity index (χ3v) is 7.87. The van der Waals surface area contributed by atoms with Crippen LogP contribution in [0.1, 0.15) is 49.5 Å². The van der Waals surface area contributed by atoms with Crippen molar-refractivity contribution in [3.63, 3.8) is 0 Å². The molecular formula is C32H28ClFN2O6. The number of likely N-dealkylation sites (tertiary alicyclic amines) is 1. The summed E-state index contributed by atoms with van der Waals surface area (Å²) in [5.41, 5.74) is 1.77. The summed E-state index contributed by atoms with van der Waals surface area (Å²) >= 11 is 5.97. The van der Waals surface area contributed by atoms with Crippen LogP contribution in [0.2, 0.25) is 5.02 Å². The Morgan fingerprint density at radius 1 is 0.905 bits per heavy atom. The molecule has 0 spiro atoms. The first-order valence-electron chi connectivity index (χ1n) is 13.4. The molecule has 8 nitrogen and oxygen atoms in total. The van der Waals surface area contributed by atoms with Gasteiger partial charge < -0.3 is 14.4 Å². The van der Waals surface area contributed by atoms with Crippen LogP contribution in [0.25, 0.3) is 10.9 Å². The summed E-state index contributed by atoms with van der Waals surface area (Å²) in [6.07, 6.45) is 3.61. The molecule has 0 unspecified atom stereocenters. The Hall–Kier alpha value is -4.50. The fraction of sp³-hybridized carbons (Fsp3) is 0.250. The first-order valence-corrected chi connectivity index (χ1v) is 13.8. The highest BCUT2D eigenvalue weighted by Gasteiger charge is 2.30. The molecule has 1 fully saturated rings. The largest absolute Gasteiger partial charge is 0.496 e. The third kappa shape index (κ3) is 5.78. The molecule has 10 heteroatoms. The quantitative estimate of drug-likeness (QED) is 0.158. The number of benzene rings is 3. The Balaban J connectivity index is 1.47. The number of rotatable bonds is 7. The molecule has 0 bridgehead atoms. The van der Waals surface area contributed by atoms with Gasteiger partial charge in [-0.05, 0) is 73.2 Å². The number of amides is 1. The van der Waals surface area contributed by atoms with Gasteiger partial charge in [0.2, 0.25) is 0 Å². The van der Waals surface area contributed by atoms with Gasteiger partial charge in [-0.15, -0.1) is 0 Å². The first kappa shape index (κ1) is 29.0. The number of esters is 1. The van der Waals surface area contributed by atoms with E-state index in [-0.39, 0.29) is 39.5 Å². The van der Waals surface area contributed by atoms with Crippen molar-refractivity contribution in [2.45, 2.75) is 19.3 Å². The van der Waals surface area contributed by atoms with Crippen LogP contribution in [0.4, 0.5) is 4.39 Å². The number of halogens is 2. The highest BCUT2D eigenvalue weighted by molar-refractivity contribution is 6.43. The highest BCUT2D eigenvalue weighted by Crippen LogP contribution is 2.33. The second-order valence-corrected chi connectivity index (χ2v) is 10.6. The van der Waals surface area contributed by atoms with Crippen molar-refractivity contribution in [1.82, 2.24) is 9.47 Å². The van der Waals surface area contributed by atoms with Gasteiger partial charge in [0, 0.05) is 41.3 Å². The Morgan fingerprint density at radius 3 is 2.19 bits per heavy atom. The predicted octanol–water partition coefficient (Wildman–Crippen LogP) is 5.58. The number of Topliss-reactive ketones (excluding diaryl/α,β-unsaturated/α-hetero) is 1. The van der Waals surface area contributed by atoms with Crippen LogP contribution in [-0.4, -0.2) is 60.3 Å². The van der Waals surface area contributed by atoms with Crippen LogP contribution in [0.3, 0.4) is 0 Å². The van der Waals surface area contributed by atoms with Gasteiger partial charge in [0.15, 0.2) is 0 Å². The van der Waals surface area contributed by atoms with E-state index in [1.807, 2.05) is 0 Å². The number of aromatic nitrogens is 1. The molecule has 1 aliphatic heterocycles. The standard InChI is InChI=1S/C32H28ClFN2O6/c1-41-28-17-27-24(26(29(37)32(40)42-2)18-36(27)30(38)21-5-7-22(33)8-6-21)16-25(28)31(39)35-13-11-20(12-14-35)15-19-3-9-23(34)10-4-19/h3-10,16-18,20H,11-15H2,1-2H3. The molecule has 1 aromatic heterocycles. The molecule has 0 N–H and O–H groups in total. The van der Waals surface area contributed by atoms with Gasteiger partial charge in [-0.2, -0.15) is 0 Å². The predicted molar refractivity (Wildman–Crippen MR) is 155 cm³/mol. The zero-order chi connectivity index (χ0) is 30.0. The van der Waals surface area contributed by atoms with E-state index in [0.717, 1.165) is 31.9 Å². The van der Waals surface area contributed by atoms with Crippen LogP contribution in [0.5, 0.6) is 5.75 Å². The monoisotopic (exact) mass is 590 g/mol. The van der Waals surface area contributed by atoms with E-state index in [4.69, 9.17) is 16.3 Å². The van der Waals surface area contributed by atoms with Crippen molar-refractivity contribution in [2.24, 2.45) is 5.92 Å². The number of hydrogen-bond donors (Lipinski definition) is 0. The molecule has 0 saturated carbocycles. The van der Waals surface area contributed by atoms with Gasteiger partial charge in [0.1, 0.15) is 11.6 Å². The lowest BCUT2D eigenvalue weighted by Crippen LogP contribution is -2.39. The minimum atomic E-state index is -1.10. The van der Waals surface area contributed by atoms with E-state index < -0.39 is 17.7 Å². The summed E-state index contributed by atoms with van der Waals surface area (Å²) in [5, 5.41) is 0.692. The van der Waals surface area contributed by atoms with Crippen molar-refractivity contribution in [2.75, 3.05) is 27.3 Å². The number of carbonyl (C=O) groups is 4. The third-order valence-electron chi connectivity index (χ3n) is 7.62. The van der Waals surface area contributed by atoms with E-state index in [9.17, 15) is 23.6 Å². The molecule has 42 heavy (non-hydrogen) atoms. The van der Waals surface area contributed by atoms with Gasteiger partial charge >= 0.3 is 5.97 Å². The molecular weight excluding hydrogens is 563 g/mol. The average Bonchev–Trinajstić information content (AvgIpc) is 3.39. The Bertz CT molecular complexity index is 1670. The summed E-state index contributed by atoms with van der Waals surface area (Å²) in [6, 6.07) is 15.7. The summed E-state index contributed by atoms with van der Waals surface area (Å²) in [6.45, 7) is 1.02. The smallest absolute Gasteiger partial charge is 0.379 e. The Labute approximate surface area is 246 Å². The summed E-state index contributed by atoms with van der Waals surface area (Å²) in [4.78, 5) is 54.1. The van der Waals surface area contributed by atoms with Crippen molar-refractivity contribution < 1.29 is 33.0 Å². The second-order valence-electron chi connectivity index (χ2n) is 10.2. The molecule has 3 aromatic carbocycles. The normalized spacial score (nSPS) is 13.7. The van der Waals surface area contributed by atoms with Gasteiger partial charge in [0.25, 0.3) is 17.6 Å². The van der Waals surface area contributed by atoms with Crippen LogP contribution >= 0.6 is 11.6 Å². The molecule has 0 atom stereocenters. The van der Waals surface area contributed by atoms with Gasteiger partial charge in [-0.1, -0.05) is 23.7 Å². The van der Waals surface area contributed by atoms with Crippen LogP contribution < -0.4 is 4.74 Å². The Morgan fingerprint density at radius 2 is 1.57 bits per heavy atom. The molecule has 5 rings (SSSR count). The summed E-state index contributed by atoms with van der Waals surface area (Å²) in [5.74, 6) is -2.50. The maximum Gasteiger partial charge on any atom is 0.379 e. The highest BCUT2D eigenvalue weighted by atomic mass is 35.5. The molecule has 216 valence electrons. The molecule has 0 aliphatic carbocycles. The van der Waals surface area contributed by atoms with E-state index in [1.165, 1.54) is 42.1 Å². The lowest BCUT2D eigenvalue weighted by Gasteiger charge is -2.32. The summed E-state index contributed by atoms with van der Waals surface area (Å²) in [7, 11) is 2.51. The molecule has 2 heterocycles. The summed E-state index contributed by atoms with van der Waals surface area (Å²) < 4.78 is 24.7. The molecule has 1 saturated heterocycles. The average molecular weight is 591 g/mol. The first-order chi connectivity index (χ1) is 20.2. The molecule has 1 amide bonds. The van der Waals surface area contributed by atoms with Gasteiger partial charge in [-0.25, -0.2) is 9.18 Å². The number of fused-ring (bicyclic) bond motifs is 1. The van der Waals surface area contributed by atoms with Crippen molar-refractivity contribution >= 4 is 46.1 Å². The number of methoxy groups -OCH3 is 2. The van der Waals surface area contributed by atoms with E-state index in [0.29, 0.717) is 29.6 Å². The van der Waals surface area contributed by atoms with Crippen LogP contribution in [0.15, 0.2) is 66.9 Å². The number of ketones is 1. The fourth-order valence-electron chi connectivity index (χ4n) is 5.34. The zero-order valence-electron chi connectivity index (χ0n) is 23.1. The van der Waals surface area contributed by atoms with Crippen molar-refractivity contribution in [1.29, 1.82) is 0 Å². The molecule has 0 radical (unpaired) electrons. The SMILES string of the molecule is COC(=O)C(=O)c1cn(C(=O)c2ccc(Cl)cc2)c2cc(OC)c(C(=O)N3CCC(Cc4ccc(F)cc4)CC3)cc12. The number of nitrogens with zero attached hydrogens (tertiary/aromatic N) is 2. The minimum Gasteiger partial charge on any atom is -0.496 e. The van der Waals surface area contributed by atoms with E-state index in [2.05, 4.69) is 4.74 Å². The van der Waals surface area contributed by atoms with E-state index in [1.54, 1.807) is 41.3 Å². The number of carbonyl (C=O) groups excluding carboxylic acids is 4. The number of hydrogen-bond acceptors (Lipinski definition) is 6. The molecule has 1 aliphatic rings. The van der Waals surface area contributed by atoms with Gasteiger partial charge in [0.05, 0.1) is 30.9 Å².